The molecule has 0 saturated carbocycles. The Hall–Kier alpha value is -3.47. The normalized spacial score (nSPS) is 22.4. The lowest BCUT2D eigenvalue weighted by Crippen LogP contribution is -2.62. The molecule has 0 spiro atoms. The second-order valence-corrected chi connectivity index (χ2v) is 13.0. The Labute approximate surface area is 249 Å². The fraction of sp³-hybridized carbons (Fsp3) is 0.310. The highest BCUT2D eigenvalue weighted by molar-refractivity contribution is 7.93. The molecule has 3 aromatic rings. The monoisotopic (exact) mass is 613 g/mol. The molecule has 2 aliphatic rings. The molecule has 1 N–H and O–H groups in total. The third kappa shape index (κ3) is 5.43. The van der Waals surface area contributed by atoms with E-state index < -0.39 is 20.6 Å². The molecule has 0 aliphatic carbocycles. The van der Waals surface area contributed by atoms with Gasteiger partial charge < -0.3 is 15.4 Å². The van der Waals surface area contributed by atoms with E-state index >= 15 is 0 Å². The van der Waals surface area contributed by atoms with Crippen LogP contribution in [0.2, 0.25) is 10.0 Å². The minimum absolute atomic E-state index is 0.0548. The van der Waals surface area contributed by atoms with Gasteiger partial charge in [0, 0.05) is 32.8 Å². The number of benzene rings is 2. The molecule has 5 rings (SSSR count). The molecule has 9 nitrogen and oxygen atoms in total. The van der Waals surface area contributed by atoms with Gasteiger partial charge in [-0.2, -0.15) is 4.74 Å². The van der Waals surface area contributed by atoms with Crippen molar-refractivity contribution in [3.8, 4) is 0 Å². The second kappa shape index (κ2) is 11.8. The van der Waals surface area contributed by atoms with Crippen molar-refractivity contribution in [2.45, 2.75) is 29.5 Å². The summed E-state index contributed by atoms with van der Waals surface area (Å²) < 4.78 is 30.2. The lowest BCUT2D eigenvalue weighted by Gasteiger charge is -2.45. The molecule has 1 unspecified atom stereocenters. The molecule has 0 bridgehead atoms. The van der Waals surface area contributed by atoms with Gasteiger partial charge in [0.05, 0.1) is 38.3 Å². The maximum atomic E-state index is 14.9. The van der Waals surface area contributed by atoms with Crippen LogP contribution in [0.5, 0.6) is 0 Å². The molecular weight excluding hydrogens is 585 g/mol. The summed E-state index contributed by atoms with van der Waals surface area (Å²) >= 11 is 12.8. The fourth-order valence-corrected chi connectivity index (χ4v) is 8.44. The van der Waals surface area contributed by atoms with Crippen molar-refractivity contribution in [3.63, 3.8) is 0 Å². The lowest BCUT2D eigenvalue weighted by atomic mass is 9.78. The number of nitrogens with zero attached hydrogens (tertiary/aromatic N) is 4. The fourth-order valence-electron chi connectivity index (χ4n) is 5.67. The molecule has 1 fully saturated rings. The molecule has 41 heavy (non-hydrogen) atoms. The number of carbonyl (C=O) groups is 1. The van der Waals surface area contributed by atoms with Crippen molar-refractivity contribution in [3.05, 3.63) is 87.7 Å². The number of rotatable bonds is 7. The molecule has 1 saturated heterocycles. The Balaban J connectivity index is 1.73. The number of para-hydroxylation sites is 1. The zero-order chi connectivity index (χ0) is 29.2. The van der Waals surface area contributed by atoms with E-state index in [9.17, 15) is 18.4 Å². The smallest absolute Gasteiger partial charge is 0.316 e. The number of hydroxylamine groups is 1. The highest BCUT2D eigenvalue weighted by atomic mass is 35.5. The van der Waals surface area contributed by atoms with Crippen LogP contribution >= 0.6 is 23.2 Å². The standard InChI is InChI=1S/C29H29Cl2N5O4S/c1-20(37)32-15-12-21-13-16-35(27-11-4-5-14-33-27)18-23(21)29(41(39,40)26-10-6-8-24(30)28(26)31)19-34-25-9-3-2-7-22(25)17-36(29)38/h2-11,14,17,19,21,23H,12-13,15-16,18H2,1H3,(H,32,37)/t21?,23-,29+/m1/s1. The summed E-state index contributed by atoms with van der Waals surface area (Å²) in [7, 11) is -4.56. The summed E-state index contributed by atoms with van der Waals surface area (Å²) in [5.74, 6) is -0.613. The van der Waals surface area contributed by atoms with Crippen molar-refractivity contribution >= 4 is 62.9 Å². The van der Waals surface area contributed by atoms with E-state index in [0.29, 0.717) is 47.7 Å². The number of anilines is 1. The quantitative estimate of drug-likeness (QED) is 0.300. The number of aromatic nitrogens is 1. The van der Waals surface area contributed by atoms with Crippen molar-refractivity contribution in [1.29, 1.82) is 0 Å². The maximum absolute atomic E-state index is 14.9. The van der Waals surface area contributed by atoms with E-state index in [-0.39, 0.29) is 33.3 Å². The van der Waals surface area contributed by atoms with Crippen LogP contribution in [-0.4, -0.2) is 61.0 Å². The summed E-state index contributed by atoms with van der Waals surface area (Å²) in [5.41, 5.74) is 0.954. The zero-order valence-electron chi connectivity index (χ0n) is 22.3. The molecule has 12 heteroatoms. The van der Waals surface area contributed by atoms with Crippen LogP contribution in [0.15, 0.2) is 76.7 Å². The van der Waals surface area contributed by atoms with Gasteiger partial charge in [0.2, 0.25) is 5.91 Å². The molecule has 1 amide bonds. The number of aliphatic imine (C=N–C) groups is 1. The summed E-state index contributed by atoms with van der Waals surface area (Å²) in [5, 5.41) is 17.1. The van der Waals surface area contributed by atoms with E-state index in [1.807, 2.05) is 17.0 Å². The SMILES string of the molecule is CC(=O)NCCC1CCN(c2ccccn2)C[C@H]1[C@@]1(S(=O)(=O)c2cccc(Cl)c2Cl)C=Nc2ccccc2C=[N+]1[O-]. The Kier molecular flexibility index (Phi) is 8.35. The van der Waals surface area contributed by atoms with Gasteiger partial charge in [-0.1, -0.05) is 47.5 Å². The second-order valence-electron chi connectivity index (χ2n) is 10.1. The summed E-state index contributed by atoms with van der Waals surface area (Å²) in [4.78, 5) is 20.3. The molecule has 3 heterocycles. The first kappa shape index (κ1) is 29.0. The van der Waals surface area contributed by atoms with Crippen LogP contribution in [0.3, 0.4) is 0 Å². The largest absolute Gasteiger partial charge is 0.622 e. The van der Waals surface area contributed by atoms with E-state index in [1.54, 1.807) is 36.5 Å². The average molecular weight is 615 g/mol. The number of fused-ring (bicyclic) bond motifs is 1. The van der Waals surface area contributed by atoms with Crippen LogP contribution < -0.4 is 10.2 Å². The highest BCUT2D eigenvalue weighted by Crippen LogP contribution is 2.45. The number of piperidine rings is 1. The maximum Gasteiger partial charge on any atom is 0.316 e. The van der Waals surface area contributed by atoms with Gasteiger partial charge in [-0.3, -0.25) is 9.79 Å². The topological polar surface area (TPSA) is 118 Å². The van der Waals surface area contributed by atoms with Crippen LogP contribution in [0.1, 0.15) is 25.3 Å². The van der Waals surface area contributed by atoms with E-state index in [0.717, 1.165) is 0 Å². The van der Waals surface area contributed by atoms with E-state index in [2.05, 4.69) is 15.3 Å². The van der Waals surface area contributed by atoms with Crippen molar-refractivity contribution in [1.82, 2.24) is 10.3 Å². The number of halogens is 2. The van der Waals surface area contributed by atoms with Crippen molar-refractivity contribution < 1.29 is 18.0 Å². The zero-order valence-corrected chi connectivity index (χ0v) is 24.6. The van der Waals surface area contributed by atoms with E-state index in [1.165, 1.54) is 37.6 Å². The van der Waals surface area contributed by atoms with Gasteiger partial charge in [-0.15, -0.1) is 0 Å². The van der Waals surface area contributed by atoms with Gasteiger partial charge in [-0.25, -0.2) is 13.4 Å². The number of amides is 1. The third-order valence-electron chi connectivity index (χ3n) is 7.71. The first-order valence-corrected chi connectivity index (χ1v) is 15.4. The minimum Gasteiger partial charge on any atom is -0.622 e. The lowest BCUT2D eigenvalue weighted by molar-refractivity contribution is -0.504. The predicted molar refractivity (Wildman–Crippen MR) is 161 cm³/mol. The molecule has 2 aromatic carbocycles. The summed E-state index contributed by atoms with van der Waals surface area (Å²) in [6, 6.07) is 16.8. The summed E-state index contributed by atoms with van der Waals surface area (Å²) in [6.07, 6.45) is 5.21. The number of hydrogen-bond acceptors (Lipinski definition) is 7. The first-order valence-electron chi connectivity index (χ1n) is 13.2. The number of nitrogens with one attached hydrogen (secondary N) is 1. The Morgan fingerprint density at radius 2 is 1.93 bits per heavy atom. The first-order chi connectivity index (χ1) is 19.6. The highest BCUT2D eigenvalue weighted by Gasteiger charge is 2.62. The summed E-state index contributed by atoms with van der Waals surface area (Å²) in [6.45, 7) is 2.53. The predicted octanol–water partition coefficient (Wildman–Crippen LogP) is 4.87. The molecule has 0 radical (unpaired) electrons. The van der Waals surface area contributed by atoms with Crippen LogP contribution in [0, 0.1) is 17.0 Å². The van der Waals surface area contributed by atoms with Gasteiger partial charge in [0.15, 0.2) is 6.21 Å². The van der Waals surface area contributed by atoms with Gasteiger partial charge in [0.25, 0.3) is 9.84 Å². The molecule has 3 atom stereocenters. The van der Waals surface area contributed by atoms with Crippen LogP contribution in [0.25, 0.3) is 0 Å². The number of hydrogen-bond donors (Lipinski definition) is 1. The van der Waals surface area contributed by atoms with Gasteiger partial charge in [-0.05, 0) is 55.2 Å². The van der Waals surface area contributed by atoms with Crippen molar-refractivity contribution in [2.24, 2.45) is 16.8 Å². The van der Waals surface area contributed by atoms with Crippen molar-refractivity contribution in [2.75, 3.05) is 24.5 Å². The van der Waals surface area contributed by atoms with Gasteiger partial charge >= 0.3 is 4.87 Å². The number of carbonyl (C=O) groups excluding carboxylic acids is 1. The van der Waals surface area contributed by atoms with Crippen LogP contribution in [0.4, 0.5) is 11.5 Å². The average Bonchev–Trinajstić information content (AvgIpc) is 3.11. The van der Waals surface area contributed by atoms with Crippen LogP contribution in [-0.2, 0) is 14.6 Å². The Morgan fingerprint density at radius 1 is 1.15 bits per heavy atom. The van der Waals surface area contributed by atoms with Gasteiger partial charge in [0.1, 0.15) is 5.82 Å². The Morgan fingerprint density at radius 3 is 2.68 bits per heavy atom. The molecule has 214 valence electrons. The number of sulfone groups is 1. The molecular formula is C29H29Cl2N5O4S. The van der Waals surface area contributed by atoms with E-state index in [4.69, 9.17) is 23.2 Å². The third-order valence-corrected chi connectivity index (χ3v) is 11.0. The number of pyridine rings is 1. The molecule has 1 aromatic heterocycles. The molecule has 2 aliphatic heterocycles. The minimum atomic E-state index is -4.56. The Bertz CT molecular complexity index is 1620.